The van der Waals surface area contributed by atoms with Crippen LogP contribution in [0.4, 0.5) is 5.13 Å². The van der Waals surface area contributed by atoms with Gasteiger partial charge in [0.05, 0.1) is 5.69 Å². The summed E-state index contributed by atoms with van der Waals surface area (Å²) >= 11 is 1.84. The van der Waals surface area contributed by atoms with Gasteiger partial charge in [0, 0.05) is 30.9 Å². The second-order valence-corrected chi connectivity index (χ2v) is 4.94. The van der Waals surface area contributed by atoms with Crippen molar-refractivity contribution in [2.24, 2.45) is 0 Å². The van der Waals surface area contributed by atoms with E-state index in [1.54, 1.807) is 0 Å². The monoisotopic (exact) mass is 225 g/mol. The standard InChI is InChI=1S/C11H19N3S/c1-3-12-11-13-9-5-7-14(4-2)8-6-10(9)15-11/h3-8H2,1-2H3,(H,12,13). The van der Waals surface area contributed by atoms with Gasteiger partial charge in [0.15, 0.2) is 5.13 Å². The zero-order valence-corrected chi connectivity index (χ0v) is 10.4. The highest BCUT2D eigenvalue weighted by Gasteiger charge is 2.16. The predicted molar refractivity (Wildman–Crippen MR) is 65.8 cm³/mol. The number of thiazole rings is 1. The van der Waals surface area contributed by atoms with Crippen LogP contribution in [0.15, 0.2) is 0 Å². The van der Waals surface area contributed by atoms with Gasteiger partial charge in [-0.1, -0.05) is 6.92 Å². The first-order chi connectivity index (χ1) is 7.33. The molecule has 0 atom stereocenters. The van der Waals surface area contributed by atoms with E-state index in [0.29, 0.717) is 0 Å². The van der Waals surface area contributed by atoms with E-state index >= 15 is 0 Å². The Morgan fingerprint density at radius 3 is 2.87 bits per heavy atom. The van der Waals surface area contributed by atoms with Crippen molar-refractivity contribution in [1.82, 2.24) is 9.88 Å². The first-order valence-corrected chi connectivity index (χ1v) is 6.60. The maximum atomic E-state index is 4.65. The number of nitrogens with one attached hydrogen (secondary N) is 1. The first kappa shape index (κ1) is 10.9. The van der Waals surface area contributed by atoms with Gasteiger partial charge < -0.3 is 10.2 Å². The molecule has 0 saturated carbocycles. The summed E-state index contributed by atoms with van der Waals surface area (Å²) in [4.78, 5) is 8.64. The summed E-state index contributed by atoms with van der Waals surface area (Å²) in [7, 11) is 0. The molecule has 0 fully saturated rings. The third-order valence-corrected chi connectivity index (χ3v) is 3.99. The summed E-state index contributed by atoms with van der Waals surface area (Å²) in [6.07, 6.45) is 2.29. The minimum absolute atomic E-state index is 0.966. The molecule has 1 aliphatic rings. The van der Waals surface area contributed by atoms with E-state index in [0.717, 1.165) is 24.6 Å². The Morgan fingerprint density at radius 1 is 1.33 bits per heavy atom. The van der Waals surface area contributed by atoms with Crippen LogP contribution in [0.3, 0.4) is 0 Å². The Hall–Kier alpha value is -0.610. The number of fused-ring (bicyclic) bond motifs is 1. The molecule has 2 rings (SSSR count). The van der Waals surface area contributed by atoms with Crippen molar-refractivity contribution in [1.29, 1.82) is 0 Å². The molecule has 0 spiro atoms. The van der Waals surface area contributed by atoms with Crippen LogP contribution in [0.5, 0.6) is 0 Å². The Balaban J connectivity index is 2.08. The van der Waals surface area contributed by atoms with E-state index in [4.69, 9.17) is 0 Å². The number of rotatable bonds is 3. The molecule has 0 aromatic carbocycles. The molecule has 0 aliphatic carbocycles. The summed E-state index contributed by atoms with van der Waals surface area (Å²) in [6, 6.07) is 0. The second kappa shape index (κ2) is 4.94. The smallest absolute Gasteiger partial charge is 0.183 e. The van der Waals surface area contributed by atoms with Crippen molar-refractivity contribution in [2.75, 3.05) is 31.5 Å². The zero-order valence-electron chi connectivity index (χ0n) is 9.55. The van der Waals surface area contributed by atoms with Crippen molar-refractivity contribution in [3.63, 3.8) is 0 Å². The molecule has 0 radical (unpaired) electrons. The number of nitrogens with zero attached hydrogens (tertiary/aromatic N) is 2. The lowest BCUT2D eigenvalue weighted by atomic mass is 10.2. The molecular weight excluding hydrogens is 206 g/mol. The average molecular weight is 225 g/mol. The lowest BCUT2D eigenvalue weighted by molar-refractivity contribution is 0.303. The molecule has 1 aromatic rings. The molecule has 0 bridgehead atoms. The highest BCUT2D eigenvalue weighted by Crippen LogP contribution is 2.26. The van der Waals surface area contributed by atoms with E-state index in [-0.39, 0.29) is 0 Å². The minimum atomic E-state index is 0.966. The van der Waals surface area contributed by atoms with Crippen LogP contribution in [0.1, 0.15) is 24.4 Å². The van der Waals surface area contributed by atoms with Gasteiger partial charge in [0.25, 0.3) is 0 Å². The molecule has 4 heteroatoms. The van der Waals surface area contributed by atoms with E-state index in [2.05, 4.69) is 29.0 Å². The molecule has 84 valence electrons. The number of anilines is 1. The molecule has 1 N–H and O–H groups in total. The summed E-state index contributed by atoms with van der Waals surface area (Å²) in [5, 5.41) is 4.41. The molecule has 3 nitrogen and oxygen atoms in total. The third kappa shape index (κ3) is 2.49. The summed E-state index contributed by atoms with van der Waals surface area (Å²) < 4.78 is 0. The normalized spacial score (nSPS) is 17.2. The van der Waals surface area contributed by atoms with Gasteiger partial charge in [-0.15, -0.1) is 11.3 Å². The molecule has 0 amide bonds. The van der Waals surface area contributed by atoms with E-state index in [1.807, 2.05) is 11.3 Å². The fourth-order valence-electron chi connectivity index (χ4n) is 1.95. The van der Waals surface area contributed by atoms with Crippen molar-refractivity contribution in [3.05, 3.63) is 10.6 Å². The lowest BCUT2D eigenvalue weighted by Gasteiger charge is -2.16. The second-order valence-electron chi connectivity index (χ2n) is 3.85. The van der Waals surface area contributed by atoms with Crippen LogP contribution >= 0.6 is 11.3 Å². The molecule has 15 heavy (non-hydrogen) atoms. The Kier molecular flexibility index (Phi) is 3.59. The predicted octanol–water partition coefficient (Wildman–Crippen LogP) is 2.00. The highest BCUT2D eigenvalue weighted by atomic mass is 32.1. The van der Waals surface area contributed by atoms with Crippen LogP contribution in [-0.2, 0) is 12.8 Å². The van der Waals surface area contributed by atoms with Crippen LogP contribution in [0, 0.1) is 0 Å². The van der Waals surface area contributed by atoms with Crippen molar-refractivity contribution >= 4 is 16.5 Å². The van der Waals surface area contributed by atoms with Crippen molar-refractivity contribution < 1.29 is 0 Å². The third-order valence-electron chi connectivity index (χ3n) is 2.87. The summed E-state index contributed by atoms with van der Waals surface area (Å²) in [5.41, 5.74) is 1.33. The molecule has 0 saturated heterocycles. The van der Waals surface area contributed by atoms with Crippen molar-refractivity contribution in [3.8, 4) is 0 Å². The van der Waals surface area contributed by atoms with Crippen LogP contribution in [0.2, 0.25) is 0 Å². The Bertz CT molecular complexity index is 296. The Labute approximate surface area is 95.5 Å². The Morgan fingerprint density at radius 2 is 2.13 bits per heavy atom. The minimum Gasteiger partial charge on any atom is -0.362 e. The van der Waals surface area contributed by atoms with Gasteiger partial charge in [-0.3, -0.25) is 0 Å². The van der Waals surface area contributed by atoms with Gasteiger partial charge >= 0.3 is 0 Å². The van der Waals surface area contributed by atoms with Gasteiger partial charge in [-0.2, -0.15) is 0 Å². The number of hydrogen-bond acceptors (Lipinski definition) is 4. The van der Waals surface area contributed by atoms with E-state index in [1.165, 1.54) is 30.1 Å². The van der Waals surface area contributed by atoms with Gasteiger partial charge in [-0.05, 0) is 19.9 Å². The SMILES string of the molecule is CCNc1nc2c(s1)CCN(CC)CC2. The molecule has 2 heterocycles. The zero-order chi connectivity index (χ0) is 10.7. The van der Waals surface area contributed by atoms with E-state index in [9.17, 15) is 0 Å². The van der Waals surface area contributed by atoms with Crippen LogP contribution in [0.25, 0.3) is 0 Å². The molecule has 1 aromatic heterocycles. The van der Waals surface area contributed by atoms with Gasteiger partial charge in [-0.25, -0.2) is 4.98 Å². The molecule has 0 unspecified atom stereocenters. The fraction of sp³-hybridized carbons (Fsp3) is 0.727. The van der Waals surface area contributed by atoms with Crippen LogP contribution < -0.4 is 5.32 Å². The highest BCUT2D eigenvalue weighted by molar-refractivity contribution is 7.15. The number of aromatic nitrogens is 1. The maximum absolute atomic E-state index is 4.65. The van der Waals surface area contributed by atoms with Gasteiger partial charge in [0.1, 0.15) is 0 Å². The first-order valence-electron chi connectivity index (χ1n) is 5.78. The summed E-state index contributed by atoms with van der Waals surface area (Å²) in [5.74, 6) is 0. The average Bonchev–Trinajstić information content (AvgIpc) is 2.52. The van der Waals surface area contributed by atoms with Crippen molar-refractivity contribution in [2.45, 2.75) is 26.7 Å². The van der Waals surface area contributed by atoms with Gasteiger partial charge in [0.2, 0.25) is 0 Å². The summed E-state index contributed by atoms with van der Waals surface area (Å²) in [6.45, 7) is 8.83. The molecular formula is C11H19N3S. The van der Waals surface area contributed by atoms with E-state index < -0.39 is 0 Å². The fourth-order valence-corrected chi connectivity index (χ4v) is 3.02. The topological polar surface area (TPSA) is 28.2 Å². The lowest BCUT2D eigenvalue weighted by Crippen LogP contribution is -2.25. The molecule has 1 aliphatic heterocycles. The quantitative estimate of drug-likeness (QED) is 0.853. The number of hydrogen-bond donors (Lipinski definition) is 1. The van der Waals surface area contributed by atoms with Crippen LogP contribution in [-0.4, -0.2) is 36.1 Å². The maximum Gasteiger partial charge on any atom is 0.183 e. The largest absolute Gasteiger partial charge is 0.362 e. The number of likely N-dealkylation sites (N-methyl/N-ethyl adjacent to an activating group) is 1.